The molecule has 1 aliphatic rings. The number of hydrogen-bond donors (Lipinski definition) is 0. The Bertz CT molecular complexity index is 326. The van der Waals surface area contributed by atoms with Crippen molar-refractivity contribution in [3.05, 3.63) is 10.5 Å². The quantitative estimate of drug-likeness (QED) is 0.787. The zero-order chi connectivity index (χ0) is 10.8. The summed E-state index contributed by atoms with van der Waals surface area (Å²) >= 11 is 7.48. The Morgan fingerprint density at radius 3 is 2.93 bits per heavy atom. The van der Waals surface area contributed by atoms with Crippen LogP contribution in [-0.2, 0) is 0 Å². The maximum Gasteiger partial charge on any atom is 0.186 e. The first kappa shape index (κ1) is 11.2. The minimum absolute atomic E-state index is 0.616. The number of halogens is 1. The molecular weight excluding hydrogens is 228 g/mol. The molecule has 15 heavy (non-hydrogen) atoms. The normalized spacial score (nSPS) is 26.6. The van der Waals surface area contributed by atoms with Crippen LogP contribution < -0.4 is 4.90 Å². The fourth-order valence-corrected chi connectivity index (χ4v) is 3.30. The van der Waals surface area contributed by atoms with Crippen molar-refractivity contribution in [2.75, 3.05) is 11.9 Å². The molecule has 1 saturated carbocycles. The van der Waals surface area contributed by atoms with E-state index >= 15 is 0 Å². The van der Waals surface area contributed by atoms with E-state index in [0.29, 0.717) is 11.2 Å². The third-order valence-electron chi connectivity index (χ3n) is 3.22. The van der Waals surface area contributed by atoms with Gasteiger partial charge in [0, 0.05) is 18.5 Å². The molecule has 2 unspecified atom stereocenters. The number of anilines is 1. The second-order valence-electron chi connectivity index (χ2n) is 4.49. The van der Waals surface area contributed by atoms with Crippen LogP contribution in [0.5, 0.6) is 0 Å². The van der Waals surface area contributed by atoms with E-state index in [1.807, 2.05) is 5.38 Å². The largest absolute Gasteiger partial charge is 0.348 e. The smallest absolute Gasteiger partial charge is 0.186 e. The van der Waals surface area contributed by atoms with Gasteiger partial charge >= 0.3 is 0 Å². The van der Waals surface area contributed by atoms with Gasteiger partial charge in [-0.2, -0.15) is 0 Å². The van der Waals surface area contributed by atoms with Crippen LogP contribution in [0.15, 0.2) is 5.38 Å². The predicted octanol–water partition coefficient (Wildman–Crippen LogP) is 3.81. The van der Waals surface area contributed by atoms with Gasteiger partial charge in [-0.05, 0) is 18.8 Å². The maximum atomic E-state index is 5.84. The molecule has 0 aliphatic heterocycles. The summed E-state index contributed by atoms with van der Waals surface area (Å²) in [5.41, 5.74) is 0. The van der Waals surface area contributed by atoms with Crippen molar-refractivity contribution < 1.29 is 0 Å². The van der Waals surface area contributed by atoms with Crippen LogP contribution in [0.3, 0.4) is 0 Å². The molecule has 0 radical (unpaired) electrons. The number of hydrogen-bond acceptors (Lipinski definition) is 3. The standard InChI is InChI=1S/C11H17ClN2S/c1-8-4-3-5-9(6-8)14(2)11-13-10(12)7-15-11/h7-9H,3-6H2,1-2H3. The van der Waals surface area contributed by atoms with E-state index in [4.69, 9.17) is 11.6 Å². The Kier molecular flexibility index (Phi) is 3.52. The van der Waals surface area contributed by atoms with Crippen molar-refractivity contribution in [1.82, 2.24) is 4.98 Å². The Balaban J connectivity index is 2.03. The molecule has 0 bridgehead atoms. The van der Waals surface area contributed by atoms with Crippen molar-refractivity contribution >= 4 is 28.1 Å². The molecule has 4 heteroatoms. The monoisotopic (exact) mass is 244 g/mol. The Morgan fingerprint density at radius 1 is 1.53 bits per heavy atom. The predicted molar refractivity (Wildman–Crippen MR) is 66.9 cm³/mol. The molecular formula is C11H17ClN2S. The summed E-state index contributed by atoms with van der Waals surface area (Å²) in [7, 11) is 2.14. The highest BCUT2D eigenvalue weighted by Crippen LogP contribution is 2.31. The first-order chi connectivity index (χ1) is 7.16. The van der Waals surface area contributed by atoms with E-state index in [2.05, 4.69) is 23.9 Å². The maximum absolute atomic E-state index is 5.84. The Labute approximate surface area is 100 Å². The number of rotatable bonds is 2. The zero-order valence-corrected chi connectivity index (χ0v) is 10.8. The molecule has 1 fully saturated rings. The van der Waals surface area contributed by atoms with Crippen molar-refractivity contribution in [3.63, 3.8) is 0 Å². The van der Waals surface area contributed by atoms with Crippen LogP contribution >= 0.6 is 22.9 Å². The lowest BCUT2D eigenvalue weighted by Crippen LogP contribution is -2.35. The molecule has 0 amide bonds. The summed E-state index contributed by atoms with van der Waals surface area (Å²) in [6, 6.07) is 0.649. The first-order valence-corrected chi connectivity index (χ1v) is 6.76. The molecule has 2 rings (SSSR count). The van der Waals surface area contributed by atoms with Crippen LogP contribution in [0.1, 0.15) is 32.6 Å². The molecule has 1 heterocycles. The SMILES string of the molecule is CC1CCCC(N(C)c2nc(Cl)cs2)C1. The van der Waals surface area contributed by atoms with Gasteiger partial charge in [0.1, 0.15) is 5.15 Å². The summed E-state index contributed by atoms with van der Waals surface area (Å²) < 4.78 is 0. The van der Waals surface area contributed by atoms with Gasteiger partial charge in [0.2, 0.25) is 0 Å². The molecule has 0 spiro atoms. The van der Waals surface area contributed by atoms with E-state index in [0.717, 1.165) is 11.0 Å². The molecule has 0 saturated heterocycles. The summed E-state index contributed by atoms with van der Waals surface area (Å²) in [5.74, 6) is 0.849. The van der Waals surface area contributed by atoms with Crippen LogP contribution in [-0.4, -0.2) is 18.1 Å². The van der Waals surface area contributed by atoms with Gasteiger partial charge in [-0.1, -0.05) is 31.4 Å². The highest BCUT2D eigenvalue weighted by Gasteiger charge is 2.23. The second kappa shape index (κ2) is 4.71. The van der Waals surface area contributed by atoms with Crippen LogP contribution in [0.2, 0.25) is 5.15 Å². The topological polar surface area (TPSA) is 16.1 Å². The van der Waals surface area contributed by atoms with Crippen molar-refractivity contribution in [3.8, 4) is 0 Å². The zero-order valence-electron chi connectivity index (χ0n) is 9.24. The van der Waals surface area contributed by atoms with E-state index < -0.39 is 0 Å². The van der Waals surface area contributed by atoms with Crippen LogP contribution in [0.25, 0.3) is 0 Å². The first-order valence-electron chi connectivity index (χ1n) is 5.50. The van der Waals surface area contributed by atoms with Crippen LogP contribution in [0.4, 0.5) is 5.13 Å². The van der Waals surface area contributed by atoms with Gasteiger partial charge in [-0.25, -0.2) is 4.98 Å². The molecule has 0 N–H and O–H groups in total. The molecule has 2 nitrogen and oxygen atoms in total. The minimum Gasteiger partial charge on any atom is -0.348 e. The summed E-state index contributed by atoms with van der Waals surface area (Å²) in [4.78, 5) is 6.62. The third kappa shape index (κ3) is 2.64. The lowest BCUT2D eigenvalue weighted by atomic mass is 9.86. The number of nitrogens with zero attached hydrogens (tertiary/aromatic N) is 2. The fourth-order valence-electron chi connectivity index (χ4n) is 2.32. The summed E-state index contributed by atoms with van der Waals surface area (Å²) in [6.45, 7) is 2.34. The summed E-state index contributed by atoms with van der Waals surface area (Å²) in [5, 5.41) is 3.57. The Morgan fingerprint density at radius 2 is 2.33 bits per heavy atom. The van der Waals surface area contributed by atoms with E-state index in [1.54, 1.807) is 11.3 Å². The van der Waals surface area contributed by atoms with Crippen molar-refractivity contribution in [2.24, 2.45) is 5.92 Å². The van der Waals surface area contributed by atoms with Gasteiger partial charge in [0.25, 0.3) is 0 Å². The van der Waals surface area contributed by atoms with Gasteiger partial charge in [0.05, 0.1) is 0 Å². The number of thiazole rings is 1. The van der Waals surface area contributed by atoms with Gasteiger partial charge < -0.3 is 4.90 Å². The van der Waals surface area contributed by atoms with Gasteiger partial charge in [-0.15, -0.1) is 11.3 Å². The molecule has 84 valence electrons. The molecule has 1 aromatic heterocycles. The van der Waals surface area contributed by atoms with Crippen molar-refractivity contribution in [2.45, 2.75) is 38.6 Å². The molecule has 2 atom stereocenters. The molecule has 1 aromatic rings. The fraction of sp³-hybridized carbons (Fsp3) is 0.727. The van der Waals surface area contributed by atoms with Crippen LogP contribution in [0, 0.1) is 5.92 Å². The highest BCUT2D eigenvalue weighted by molar-refractivity contribution is 7.14. The average Bonchev–Trinajstić information content (AvgIpc) is 2.64. The highest BCUT2D eigenvalue weighted by atomic mass is 35.5. The summed E-state index contributed by atoms with van der Waals surface area (Å²) in [6.07, 6.45) is 5.30. The van der Waals surface area contributed by atoms with E-state index in [-0.39, 0.29) is 0 Å². The average molecular weight is 245 g/mol. The lowest BCUT2D eigenvalue weighted by Gasteiger charge is -2.33. The lowest BCUT2D eigenvalue weighted by molar-refractivity contribution is 0.336. The Hall–Kier alpha value is -0.280. The third-order valence-corrected chi connectivity index (χ3v) is 4.48. The van der Waals surface area contributed by atoms with E-state index in [9.17, 15) is 0 Å². The van der Waals surface area contributed by atoms with Gasteiger partial charge in [0.15, 0.2) is 5.13 Å². The molecule has 1 aliphatic carbocycles. The molecule has 0 aromatic carbocycles. The van der Waals surface area contributed by atoms with Crippen molar-refractivity contribution in [1.29, 1.82) is 0 Å². The minimum atomic E-state index is 0.616. The number of aromatic nitrogens is 1. The second-order valence-corrected chi connectivity index (χ2v) is 5.71. The van der Waals surface area contributed by atoms with Gasteiger partial charge in [-0.3, -0.25) is 0 Å². The van der Waals surface area contributed by atoms with E-state index in [1.165, 1.54) is 25.7 Å².